The Kier molecular flexibility index (Phi) is 6.75. The van der Waals surface area contributed by atoms with Gasteiger partial charge in [-0.05, 0) is 97.0 Å². The van der Waals surface area contributed by atoms with Crippen molar-refractivity contribution in [3.8, 4) is 22.3 Å². The van der Waals surface area contributed by atoms with Crippen LogP contribution in [-0.4, -0.2) is 0 Å². The van der Waals surface area contributed by atoms with Crippen molar-refractivity contribution >= 4 is 80.9 Å². The number of rotatable bonds is 5. The fraction of sp³-hybridized carbons (Fsp3) is 0. The lowest BCUT2D eigenvalue weighted by Crippen LogP contribution is -2.09. The molecule has 0 fully saturated rings. The maximum atomic E-state index is 2.39. The maximum absolute atomic E-state index is 2.39. The fourth-order valence-corrected chi connectivity index (χ4v) is 8.87. The van der Waals surface area contributed by atoms with Gasteiger partial charge in [-0.3, -0.25) is 0 Å². The molecule has 1 aromatic heterocycles. The Morgan fingerprint density at radius 2 is 0.880 bits per heavy atom. The molecule has 0 aliphatic rings. The molecule has 1 nitrogen and oxygen atoms in total. The maximum Gasteiger partial charge on any atom is 0.0476 e. The van der Waals surface area contributed by atoms with Crippen LogP contribution in [0.4, 0.5) is 17.1 Å². The molecule has 0 atom stereocenters. The van der Waals surface area contributed by atoms with Gasteiger partial charge in [0.15, 0.2) is 0 Å². The van der Waals surface area contributed by atoms with E-state index < -0.39 is 0 Å². The average molecular weight is 654 g/mol. The van der Waals surface area contributed by atoms with E-state index in [9.17, 15) is 0 Å². The van der Waals surface area contributed by atoms with Gasteiger partial charge in [-0.25, -0.2) is 0 Å². The van der Waals surface area contributed by atoms with Gasteiger partial charge >= 0.3 is 0 Å². The summed E-state index contributed by atoms with van der Waals surface area (Å²) in [7, 11) is 0. The third-order valence-electron chi connectivity index (χ3n) is 10.0. The Balaban J connectivity index is 1.12. The number of hydrogen-bond donors (Lipinski definition) is 0. The Hall–Kier alpha value is -6.22. The van der Waals surface area contributed by atoms with E-state index in [0.717, 1.165) is 17.1 Å². The van der Waals surface area contributed by atoms with Crippen molar-refractivity contribution in [2.75, 3.05) is 4.90 Å². The molecule has 0 spiro atoms. The van der Waals surface area contributed by atoms with E-state index in [-0.39, 0.29) is 0 Å². The molecule has 0 amide bonds. The zero-order valence-electron chi connectivity index (χ0n) is 27.3. The van der Waals surface area contributed by atoms with Crippen molar-refractivity contribution in [2.24, 2.45) is 0 Å². The lowest BCUT2D eigenvalue weighted by Gasteiger charge is -2.26. The van der Waals surface area contributed by atoms with Gasteiger partial charge in [-0.15, -0.1) is 11.3 Å². The molecule has 0 unspecified atom stereocenters. The monoisotopic (exact) mass is 653 g/mol. The van der Waals surface area contributed by atoms with Gasteiger partial charge in [0, 0.05) is 37.2 Å². The molecular formula is C48H31NS. The van der Waals surface area contributed by atoms with Gasteiger partial charge in [0.25, 0.3) is 0 Å². The quantitative estimate of drug-likeness (QED) is 0.167. The van der Waals surface area contributed by atoms with Crippen molar-refractivity contribution in [3.63, 3.8) is 0 Å². The van der Waals surface area contributed by atoms with Gasteiger partial charge < -0.3 is 4.90 Å². The topological polar surface area (TPSA) is 3.24 Å². The Morgan fingerprint density at radius 3 is 1.64 bits per heavy atom. The van der Waals surface area contributed by atoms with Gasteiger partial charge in [0.05, 0.1) is 0 Å². The predicted octanol–water partition coefficient (Wildman–Crippen LogP) is 14.3. The molecule has 0 aliphatic heterocycles. The molecular weight excluding hydrogens is 623 g/mol. The lowest BCUT2D eigenvalue weighted by atomic mass is 9.93. The molecule has 0 N–H and O–H groups in total. The first-order valence-corrected chi connectivity index (χ1v) is 17.9. The minimum atomic E-state index is 1.12. The summed E-state index contributed by atoms with van der Waals surface area (Å²) in [5.74, 6) is 0. The second-order valence-electron chi connectivity index (χ2n) is 12.9. The zero-order valence-corrected chi connectivity index (χ0v) is 28.1. The first-order valence-electron chi connectivity index (χ1n) is 17.1. The molecule has 9 aromatic carbocycles. The second kappa shape index (κ2) is 11.7. The number of benzene rings is 9. The molecule has 2 heteroatoms. The summed E-state index contributed by atoms with van der Waals surface area (Å²) < 4.78 is 2.64. The summed E-state index contributed by atoms with van der Waals surface area (Å²) in [6.45, 7) is 0. The van der Waals surface area contributed by atoms with E-state index in [1.165, 1.54) is 74.7 Å². The van der Waals surface area contributed by atoms with Crippen LogP contribution in [0.1, 0.15) is 0 Å². The highest BCUT2D eigenvalue weighted by molar-refractivity contribution is 7.26. The van der Waals surface area contributed by atoms with E-state index >= 15 is 0 Å². The van der Waals surface area contributed by atoms with E-state index in [1.807, 2.05) is 11.3 Å². The van der Waals surface area contributed by atoms with Crippen LogP contribution in [0.3, 0.4) is 0 Å². The third-order valence-corrected chi connectivity index (χ3v) is 11.2. The Bertz CT molecular complexity index is 2850. The summed E-state index contributed by atoms with van der Waals surface area (Å²) in [6.07, 6.45) is 0. The van der Waals surface area contributed by atoms with Crippen LogP contribution in [0.2, 0.25) is 0 Å². The summed E-state index contributed by atoms with van der Waals surface area (Å²) in [5, 5.41) is 10.3. The van der Waals surface area contributed by atoms with Crippen LogP contribution in [0, 0.1) is 0 Å². The van der Waals surface area contributed by atoms with Crippen molar-refractivity contribution in [1.82, 2.24) is 0 Å². The minimum Gasteiger partial charge on any atom is -0.310 e. The molecule has 0 aliphatic carbocycles. The first kappa shape index (κ1) is 28.8. The number of thiophene rings is 1. The summed E-state index contributed by atoms with van der Waals surface area (Å²) in [5.41, 5.74) is 8.28. The molecule has 0 bridgehead atoms. The largest absolute Gasteiger partial charge is 0.310 e. The minimum absolute atomic E-state index is 1.12. The zero-order chi connectivity index (χ0) is 33.0. The number of hydrogen-bond acceptors (Lipinski definition) is 2. The molecule has 0 radical (unpaired) electrons. The van der Waals surface area contributed by atoms with Gasteiger partial charge in [0.2, 0.25) is 0 Å². The smallest absolute Gasteiger partial charge is 0.0476 e. The lowest BCUT2D eigenvalue weighted by molar-refractivity contribution is 1.29. The van der Waals surface area contributed by atoms with Crippen LogP contribution < -0.4 is 4.90 Å². The van der Waals surface area contributed by atoms with Crippen molar-refractivity contribution in [2.45, 2.75) is 0 Å². The Morgan fingerprint density at radius 1 is 0.320 bits per heavy atom. The van der Waals surface area contributed by atoms with E-state index in [4.69, 9.17) is 0 Å². The Labute approximate surface area is 294 Å². The highest BCUT2D eigenvalue weighted by Crippen LogP contribution is 2.43. The summed E-state index contributed by atoms with van der Waals surface area (Å²) >= 11 is 1.89. The predicted molar refractivity (Wildman–Crippen MR) is 217 cm³/mol. The van der Waals surface area contributed by atoms with Gasteiger partial charge in [0.1, 0.15) is 0 Å². The molecule has 1 heterocycles. The molecule has 0 saturated heterocycles. The highest BCUT2D eigenvalue weighted by atomic mass is 32.1. The van der Waals surface area contributed by atoms with Gasteiger partial charge in [-0.2, -0.15) is 0 Å². The van der Waals surface area contributed by atoms with Crippen molar-refractivity contribution < 1.29 is 0 Å². The van der Waals surface area contributed by atoms with Crippen LogP contribution in [0.15, 0.2) is 188 Å². The standard InChI is InChI=1S/C48H31NS/c1-2-10-32(11-3-1)33-18-23-37(24-19-33)49(39-27-29-44-45-28-22-34-12-4-7-15-41(34)48(45)50-47(44)31-39)38-25-20-35(21-26-38)46-30-36-13-5-6-14-40(36)42-16-8-9-17-43(42)46/h1-31H. The molecule has 50 heavy (non-hydrogen) atoms. The fourth-order valence-electron chi connectivity index (χ4n) is 7.60. The normalized spacial score (nSPS) is 11.6. The number of nitrogens with zero attached hydrogens (tertiary/aromatic N) is 1. The average Bonchev–Trinajstić information content (AvgIpc) is 3.57. The van der Waals surface area contributed by atoms with Crippen molar-refractivity contribution in [1.29, 1.82) is 0 Å². The highest BCUT2D eigenvalue weighted by Gasteiger charge is 2.17. The molecule has 0 saturated carbocycles. The van der Waals surface area contributed by atoms with E-state index in [2.05, 4.69) is 193 Å². The molecule has 10 rings (SSSR count). The van der Waals surface area contributed by atoms with Crippen molar-refractivity contribution in [3.05, 3.63) is 188 Å². The van der Waals surface area contributed by atoms with Crippen LogP contribution >= 0.6 is 11.3 Å². The van der Waals surface area contributed by atoms with Crippen LogP contribution in [0.5, 0.6) is 0 Å². The third kappa shape index (κ3) is 4.76. The van der Waals surface area contributed by atoms with E-state index in [1.54, 1.807) is 0 Å². The SMILES string of the molecule is c1ccc(-c2ccc(N(c3ccc(-c4cc5ccccc5c5ccccc45)cc3)c3ccc4c(c3)sc3c5ccccc5ccc43)cc2)cc1. The second-order valence-corrected chi connectivity index (χ2v) is 14.0. The van der Waals surface area contributed by atoms with Gasteiger partial charge in [-0.1, -0.05) is 146 Å². The van der Waals surface area contributed by atoms with Crippen LogP contribution in [-0.2, 0) is 0 Å². The summed E-state index contributed by atoms with van der Waals surface area (Å²) in [4.78, 5) is 2.39. The van der Waals surface area contributed by atoms with Crippen LogP contribution in [0.25, 0.3) is 74.7 Å². The first-order chi connectivity index (χ1) is 24.8. The number of anilines is 3. The summed E-state index contributed by atoms with van der Waals surface area (Å²) in [6, 6.07) is 68.6. The molecule has 234 valence electrons. The number of fused-ring (bicyclic) bond motifs is 8. The molecule has 10 aromatic rings. The van der Waals surface area contributed by atoms with E-state index in [0.29, 0.717) is 0 Å².